The number of carbonyl (C=O) groups is 1. The zero-order chi connectivity index (χ0) is 18.5. The highest BCUT2D eigenvalue weighted by Gasteiger charge is 2.33. The summed E-state index contributed by atoms with van der Waals surface area (Å²) in [5, 5.41) is 3.22. The van der Waals surface area contributed by atoms with E-state index in [1.165, 1.54) is 36.1 Å². The first-order chi connectivity index (χ1) is 12.5. The first-order valence-corrected chi connectivity index (χ1v) is 9.38. The Hall–Kier alpha value is -2.20. The summed E-state index contributed by atoms with van der Waals surface area (Å²) >= 11 is 0. The van der Waals surface area contributed by atoms with Gasteiger partial charge >= 0.3 is 0 Å². The number of likely N-dealkylation sites (N-methyl/N-ethyl adjacent to an activating group) is 1. The van der Waals surface area contributed by atoms with Crippen molar-refractivity contribution in [3.63, 3.8) is 0 Å². The van der Waals surface area contributed by atoms with Gasteiger partial charge in [0, 0.05) is 6.54 Å². The Balaban J connectivity index is 1.61. The summed E-state index contributed by atoms with van der Waals surface area (Å²) < 4.78 is 13.4. The Morgan fingerprint density at radius 1 is 1.23 bits per heavy atom. The van der Waals surface area contributed by atoms with Crippen molar-refractivity contribution in [1.82, 2.24) is 10.2 Å². The molecule has 3 rings (SSSR count). The van der Waals surface area contributed by atoms with Gasteiger partial charge in [-0.2, -0.15) is 0 Å². The van der Waals surface area contributed by atoms with Crippen molar-refractivity contribution in [1.29, 1.82) is 0 Å². The third kappa shape index (κ3) is 5.15. The monoisotopic (exact) mass is 354 g/mol. The number of amides is 1. The van der Waals surface area contributed by atoms with Gasteiger partial charge in [-0.1, -0.05) is 48.9 Å². The van der Waals surface area contributed by atoms with E-state index < -0.39 is 0 Å². The summed E-state index contributed by atoms with van der Waals surface area (Å²) in [5.74, 6) is 0.330. The molecule has 1 aliphatic carbocycles. The van der Waals surface area contributed by atoms with Crippen molar-refractivity contribution in [2.24, 2.45) is 5.92 Å². The van der Waals surface area contributed by atoms with Crippen LogP contribution in [0.5, 0.6) is 0 Å². The largest absolute Gasteiger partial charge is 0.348 e. The van der Waals surface area contributed by atoms with Crippen LogP contribution in [0.3, 0.4) is 0 Å². The van der Waals surface area contributed by atoms with Crippen molar-refractivity contribution < 1.29 is 9.18 Å². The van der Waals surface area contributed by atoms with E-state index in [4.69, 9.17) is 0 Å². The fourth-order valence-electron chi connectivity index (χ4n) is 3.27. The van der Waals surface area contributed by atoms with Gasteiger partial charge in [0.25, 0.3) is 0 Å². The average molecular weight is 354 g/mol. The third-order valence-corrected chi connectivity index (χ3v) is 4.96. The maximum absolute atomic E-state index is 13.4. The molecule has 3 nitrogen and oxygen atoms in total. The standard InChI is InChI=1S/C22H27FN2O/c1-3-25(14-17-5-4-6-20(23)13-17)15-21(26)24-22(19-11-12-19)18-9-7-16(2)8-10-18/h4-10,13,19,22H,3,11-12,14-15H2,1-2H3,(H,24,26). The third-order valence-electron chi connectivity index (χ3n) is 4.96. The molecule has 1 aliphatic rings. The molecular formula is C22H27FN2O. The molecule has 0 aromatic heterocycles. The van der Waals surface area contributed by atoms with Gasteiger partial charge in [-0.05, 0) is 55.5 Å². The molecule has 0 saturated heterocycles. The Kier molecular flexibility index (Phi) is 6.04. The van der Waals surface area contributed by atoms with Gasteiger partial charge < -0.3 is 5.32 Å². The summed E-state index contributed by atoms with van der Waals surface area (Å²) in [4.78, 5) is 14.7. The van der Waals surface area contributed by atoms with Crippen LogP contribution in [0, 0.1) is 18.7 Å². The van der Waals surface area contributed by atoms with Crippen LogP contribution < -0.4 is 5.32 Å². The van der Waals surface area contributed by atoms with Crippen molar-refractivity contribution in [2.45, 2.75) is 39.3 Å². The van der Waals surface area contributed by atoms with Gasteiger partial charge in [-0.15, -0.1) is 0 Å². The van der Waals surface area contributed by atoms with E-state index in [0.29, 0.717) is 19.0 Å². The summed E-state index contributed by atoms with van der Waals surface area (Å²) in [5.41, 5.74) is 3.29. The number of rotatable bonds is 8. The van der Waals surface area contributed by atoms with Gasteiger partial charge in [-0.3, -0.25) is 9.69 Å². The van der Waals surface area contributed by atoms with Crippen LogP contribution in [0.2, 0.25) is 0 Å². The van der Waals surface area contributed by atoms with Crippen LogP contribution in [-0.2, 0) is 11.3 Å². The lowest BCUT2D eigenvalue weighted by Gasteiger charge is -2.23. The highest BCUT2D eigenvalue weighted by molar-refractivity contribution is 5.78. The number of carbonyl (C=O) groups excluding carboxylic acids is 1. The smallest absolute Gasteiger partial charge is 0.234 e. The molecular weight excluding hydrogens is 327 g/mol. The number of benzene rings is 2. The van der Waals surface area contributed by atoms with E-state index in [-0.39, 0.29) is 17.8 Å². The first-order valence-electron chi connectivity index (χ1n) is 9.38. The maximum Gasteiger partial charge on any atom is 0.234 e. The first kappa shape index (κ1) is 18.6. The predicted molar refractivity (Wildman–Crippen MR) is 102 cm³/mol. The van der Waals surface area contributed by atoms with E-state index in [0.717, 1.165) is 12.1 Å². The van der Waals surface area contributed by atoms with E-state index in [9.17, 15) is 9.18 Å². The summed E-state index contributed by atoms with van der Waals surface area (Å²) in [6.07, 6.45) is 2.33. The maximum atomic E-state index is 13.4. The van der Waals surface area contributed by atoms with Crippen LogP contribution >= 0.6 is 0 Å². The minimum atomic E-state index is -0.240. The second-order valence-corrected chi connectivity index (χ2v) is 7.23. The Labute approximate surface area is 155 Å². The van der Waals surface area contributed by atoms with Gasteiger partial charge in [0.05, 0.1) is 12.6 Å². The zero-order valence-corrected chi connectivity index (χ0v) is 15.5. The Bertz CT molecular complexity index is 740. The molecule has 1 N–H and O–H groups in total. The molecule has 0 aliphatic heterocycles. The fourth-order valence-corrected chi connectivity index (χ4v) is 3.27. The fraction of sp³-hybridized carbons (Fsp3) is 0.409. The van der Waals surface area contributed by atoms with Crippen LogP contribution in [0.4, 0.5) is 4.39 Å². The predicted octanol–water partition coefficient (Wildman–Crippen LogP) is 4.22. The molecule has 26 heavy (non-hydrogen) atoms. The van der Waals surface area contributed by atoms with E-state index in [1.807, 2.05) is 17.9 Å². The van der Waals surface area contributed by atoms with E-state index >= 15 is 0 Å². The second-order valence-electron chi connectivity index (χ2n) is 7.23. The van der Waals surface area contributed by atoms with Crippen molar-refractivity contribution in [3.05, 3.63) is 71.0 Å². The normalized spacial score (nSPS) is 15.1. The summed E-state index contributed by atoms with van der Waals surface area (Å²) in [7, 11) is 0. The lowest BCUT2D eigenvalue weighted by Crippen LogP contribution is -2.39. The van der Waals surface area contributed by atoms with Gasteiger partial charge in [0.2, 0.25) is 5.91 Å². The zero-order valence-electron chi connectivity index (χ0n) is 15.5. The van der Waals surface area contributed by atoms with E-state index in [1.54, 1.807) is 6.07 Å². The summed E-state index contributed by atoms with van der Waals surface area (Å²) in [6.45, 7) is 5.72. The molecule has 1 amide bonds. The number of hydrogen-bond donors (Lipinski definition) is 1. The molecule has 2 aromatic carbocycles. The molecule has 1 fully saturated rings. The van der Waals surface area contributed by atoms with Crippen molar-refractivity contribution >= 4 is 5.91 Å². The van der Waals surface area contributed by atoms with Crippen LogP contribution in [0.15, 0.2) is 48.5 Å². The van der Waals surface area contributed by atoms with E-state index in [2.05, 4.69) is 36.5 Å². The van der Waals surface area contributed by atoms with Crippen LogP contribution in [0.25, 0.3) is 0 Å². The molecule has 1 unspecified atom stereocenters. The molecule has 0 heterocycles. The van der Waals surface area contributed by atoms with Crippen molar-refractivity contribution in [2.75, 3.05) is 13.1 Å². The lowest BCUT2D eigenvalue weighted by molar-refractivity contribution is -0.123. The molecule has 0 bridgehead atoms. The van der Waals surface area contributed by atoms with Gasteiger partial charge in [0.1, 0.15) is 5.82 Å². The summed E-state index contributed by atoms with van der Waals surface area (Å²) in [6, 6.07) is 15.1. The number of halogens is 1. The minimum Gasteiger partial charge on any atom is -0.348 e. The van der Waals surface area contributed by atoms with Crippen LogP contribution in [-0.4, -0.2) is 23.9 Å². The minimum absolute atomic E-state index is 0.0285. The highest BCUT2D eigenvalue weighted by Crippen LogP contribution is 2.41. The van der Waals surface area contributed by atoms with Crippen molar-refractivity contribution in [3.8, 4) is 0 Å². The number of aryl methyl sites for hydroxylation is 1. The molecule has 4 heteroatoms. The number of nitrogens with one attached hydrogen (secondary N) is 1. The lowest BCUT2D eigenvalue weighted by atomic mass is 10.0. The number of hydrogen-bond acceptors (Lipinski definition) is 2. The number of nitrogens with zero attached hydrogens (tertiary/aromatic N) is 1. The highest BCUT2D eigenvalue weighted by atomic mass is 19.1. The average Bonchev–Trinajstić information content (AvgIpc) is 3.45. The Morgan fingerprint density at radius 3 is 2.58 bits per heavy atom. The molecule has 0 spiro atoms. The Morgan fingerprint density at radius 2 is 1.96 bits per heavy atom. The van der Waals surface area contributed by atoms with Gasteiger partial charge in [0.15, 0.2) is 0 Å². The molecule has 138 valence electrons. The molecule has 0 radical (unpaired) electrons. The molecule has 2 aromatic rings. The quantitative estimate of drug-likeness (QED) is 0.770. The SMILES string of the molecule is CCN(CC(=O)NC(c1ccc(C)cc1)C1CC1)Cc1cccc(F)c1. The van der Waals surface area contributed by atoms with Crippen LogP contribution in [0.1, 0.15) is 42.5 Å². The second kappa shape index (κ2) is 8.45. The molecule has 1 atom stereocenters. The topological polar surface area (TPSA) is 32.3 Å². The molecule has 1 saturated carbocycles. The van der Waals surface area contributed by atoms with Gasteiger partial charge in [-0.25, -0.2) is 4.39 Å².